The maximum absolute atomic E-state index is 10.7. The summed E-state index contributed by atoms with van der Waals surface area (Å²) in [5.41, 5.74) is -1.34. The van der Waals surface area contributed by atoms with Crippen molar-refractivity contribution < 1.29 is 15.3 Å². The van der Waals surface area contributed by atoms with Gasteiger partial charge in [-0.15, -0.1) is 0 Å². The average Bonchev–Trinajstić information content (AvgIpc) is 2.72. The van der Waals surface area contributed by atoms with E-state index in [1.165, 1.54) is 0 Å². The van der Waals surface area contributed by atoms with Crippen molar-refractivity contribution in [1.29, 1.82) is 0 Å². The van der Waals surface area contributed by atoms with Gasteiger partial charge in [0.25, 0.3) is 0 Å². The van der Waals surface area contributed by atoms with Crippen molar-refractivity contribution in [3.63, 3.8) is 0 Å². The Kier molecular flexibility index (Phi) is 2.51. The molecule has 3 heteroatoms. The highest BCUT2D eigenvalue weighted by atomic mass is 16.3. The fourth-order valence-corrected chi connectivity index (χ4v) is 5.31. The van der Waals surface area contributed by atoms with Crippen molar-refractivity contribution in [2.75, 3.05) is 6.61 Å². The molecule has 104 valence electrons. The zero-order valence-electron chi connectivity index (χ0n) is 11.7. The summed E-state index contributed by atoms with van der Waals surface area (Å²) in [6, 6.07) is 0. The van der Waals surface area contributed by atoms with Crippen molar-refractivity contribution in [2.45, 2.75) is 57.7 Å². The van der Waals surface area contributed by atoms with E-state index in [0.717, 1.165) is 19.3 Å². The SMILES string of the molecule is CC1(C)[C@@H]2[C@@H]3[C@H](CC[C@@]3(C)O)[C@](O)(CO)CC[C@@H]21. The summed E-state index contributed by atoms with van der Waals surface area (Å²) in [6.07, 6.45) is 3.26. The van der Waals surface area contributed by atoms with Crippen LogP contribution < -0.4 is 0 Å². The summed E-state index contributed by atoms with van der Waals surface area (Å²) >= 11 is 0. The van der Waals surface area contributed by atoms with Crippen LogP contribution in [0.4, 0.5) is 0 Å². The van der Waals surface area contributed by atoms with Crippen molar-refractivity contribution in [1.82, 2.24) is 0 Å². The smallest absolute Gasteiger partial charge is 0.0909 e. The third-order valence-corrected chi connectivity index (χ3v) is 6.49. The standard InChI is InChI=1S/C15H26O3/c1-13(2)9-5-7-15(18,8-16)10-4-6-14(3,17)12(10)11(9)13/h9-12,16-18H,4-8H2,1-3H3/t9-,10-,11-,12-,14+,15+/m0/s1. The largest absolute Gasteiger partial charge is 0.393 e. The Morgan fingerprint density at radius 1 is 0.944 bits per heavy atom. The molecule has 3 rings (SSSR count). The van der Waals surface area contributed by atoms with Crippen molar-refractivity contribution >= 4 is 0 Å². The molecule has 6 atom stereocenters. The van der Waals surface area contributed by atoms with E-state index in [-0.39, 0.29) is 18.4 Å². The number of rotatable bonds is 1. The Bertz CT molecular complexity index is 363. The zero-order valence-corrected chi connectivity index (χ0v) is 11.7. The lowest BCUT2D eigenvalue weighted by Gasteiger charge is -2.39. The fraction of sp³-hybridized carbons (Fsp3) is 1.00. The van der Waals surface area contributed by atoms with Gasteiger partial charge in [0.1, 0.15) is 0 Å². The first kappa shape index (κ1) is 12.9. The Morgan fingerprint density at radius 2 is 1.56 bits per heavy atom. The van der Waals surface area contributed by atoms with Crippen LogP contribution in [-0.2, 0) is 0 Å². The second kappa shape index (κ2) is 3.50. The second-order valence-corrected chi connectivity index (χ2v) is 7.78. The molecule has 0 bridgehead atoms. The molecule has 0 spiro atoms. The van der Waals surface area contributed by atoms with Crippen molar-refractivity contribution in [3.05, 3.63) is 0 Å². The molecule has 0 unspecified atom stereocenters. The minimum atomic E-state index is -0.964. The van der Waals surface area contributed by atoms with E-state index in [4.69, 9.17) is 0 Å². The van der Waals surface area contributed by atoms with Crippen molar-refractivity contribution in [2.24, 2.45) is 29.1 Å². The highest BCUT2D eigenvalue weighted by Crippen LogP contribution is 2.71. The van der Waals surface area contributed by atoms with E-state index in [1.54, 1.807) is 0 Å². The summed E-state index contributed by atoms with van der Waals surface area (Å²) in [6.45, 7) is 6.34. The maximum atomic E-state index is 10.7. The highest BCUT2D eigenvalue weighted by Gasteiger charge is 2.70. The molecule has 3 saturated carbocycles. The van der Waals surface area contributed by atoms with E-state index in [1.807, 2.05) is 6.92 Å². The van der Waals surface area contributed by atoms with Crippen LogP contribution in [0.1, 0.15) is 46.5 Å². The first-order valence-electron chi connectivity index (χ1n) is 7.30. The average molecular weight is 254 g/mol. The van der Waals surface area contributed by atoms with E-state index >= 15 is 0 Å². The topological polar surface area (TPSA) is 60.7 Å². The molecule has 3 N–H and O–H groups in total. The predicted molar refractivity (Wildman–Crippen MR) is 68.9 cm³/mol. The summed E-state index contributed by atoms with van der Waals surface area (Å²) in [5.74, 6) is 1.34. The van der Waals surface area contributed by atoms with Crippen LogP contribution in [0.2, 0.25) is 0 Å². The molecule has 0 amide bonds. The van der Waals surface area contributed by atoms with Gasteiger partial charge in [0.2, 0.25) is 0 Å². The van der Waals surface area contributed by atoms with Crippen LogP contribution in [0.5, 0.6) is 0 Å². The third-order valence-electron chi connectivity index (χ3n) is 6.49. The third kappa shape index (κ3) is 1.47. The highest BCUT2D eigenvalue weighted by molar-refractivity contribution is 5.18. The lowest BCUT2D eigenvalue weighted by molar-refractivity contribution is -0.101. The van der Waals surface area contributed by atoms with E-state index < -0.39 is 11.2 Å². The normalized spacial score (nSPS) is 57.7. The van der Waals surface area contributed by atoms with Gasteiger partial charge in [-0.25, -0.2) is 0 Å². The molecule has 3 aliphatic carbocycles. The molecule has 3 aliphatic rings. The first-order chi connectivity index (χ1) is 8.24. The Morgan fingerprint density at radius 3 is 2.17 bits per heavy atom. The molecular weight excluding hydrogens is 228 g/mol. The quantitative estimate of drug-likeness (QED) is 0.665. The Hall–Kier alpha value is -0.120. The van der Waals surface area contributed by atoms with Gasteiger partial charge < -0.3 is 15.3 Å². The van der Waals surface area contributed by atoms with Gasteiger partial charge in [-0.3, -0.25) is 0 Å². The Balaban J connectivity index is 1.99. The summed E-state index contributed by atoms with van der Waals surface area (Å²) in [5, 5.41) is 31.0. The molecule has 3 nitrogen and oxygen atoms in total. The zero-order chi connectivity index (χ0) is 13.3. The fourth-order valence-electron chi connectivity index (χ4n) is 5.31. The molecule has 0 heterocycles. The van der Waals surface area contributed by atoms with Crippen LogP contribution in [0, 0.1) is 29.1 Å². The van der Waals surface area contributed by atoms with Gasteiger partial charge in [0.15, 0.2) is 0 Å². The molecule has 0 aromatic heterocycles. The van der Waals surface area contributed by atoms with Crippen LogP contribution in [-0.4, -0.2) is 33.1 Å². The first-order valence-corrected chi connectivity index (χ1v) is 7.30. The van der Waals surface area contributed by atoms with Crippen LogP contribution in [0.25, 0.3) is 0 Å². The molecule has 0 radical (unpaired) electrons. The number of hydrogen-bond donors (Lipinski definition) is 3. The number of aliphatic hydroxyl groups is 3. The lowest BCUT2D eigenvalue weighted by atomic mass is 9.72. The Labute approximate surface area is 109 Å². The van der Waals surface area contributed by atoms with E-state index in [2.05, 4.69) is 13.8 Å². The van der Waals surface area contributed by atoms with Gasteiger partial charge in [-0.05, 0) is 61.7 Å². The molecular formula is C15H26O3. The molecule has 0 saturated heterocycles. The van der Waals surface area contributed by atoms with Gasteiger partial charge in [0, 0.05) is 0 Å². The molecule has 0 aliphatic heterocycles. The van der Waals surface area contributed by atoms with Gasteiger partial charge in [-0.1, -0.05) is 13.8 Å². The van der Waals surface area contributed by atoms with Crippen molar-refractivity contribution in [3.8, 4) is 0 Å². The maximum Gasteiger partial charge on any atom is 0.0909 e. The van der Waals surface area contributed by atoms with Crippen LogP contribution >= 0.6 is 0 Å². The minimum Gasteiger partial charge on any atom is -0.393 e. The van der Waals surface area contributed by atoms with Crippen LogP contribution in [0.3, 0.4) is 0 Å². The number of hydrogen-bond acceptors (Lipinski definition) is 3. The minimum absolute atomic E-state index is 0.0641. The summed E-state index contributed by atoms with van der Waals surface area (Å²) < 4.78 is 0. The number of fused-ring (bicyclic) bond motifs is 3. The summed E-state index contributed by atoms with van der Waals surface area (Å²) in [4.78, 5) is 0. The lowest BCUT2D eigenvalue weighted by Crippen LogP contribution is -2.47. The predicted octanol–water partition coefficient (Wildman–Crippen LogP) is 1.55. The molecule has 0 aromatic carbocycles. The van der Waals surface area contributed by atoms with E-state index in [0.29, 0.717) is 23.7 Å². The number of aliphatic hydroxyl groups excluding tert-OH is 1. The molecule has 0 aromatic rings. The van der Waals surface area contributed by atoms with Gasteiger partial charge in [-0.2, -0.15) is 0 Å². The molecule has 3 fully saturated rings. The van der Waals surface area contributed by atoms with E-state index in [9.17, 15) is 15.3 Å². The second-order valence-electron chi connectivity index (χ2n) is 7.78. The molecule has 18 heavy (non-hydrogen) atoms. The van der Waals surface area contributed by atoms with Gasteiger partial charge in [0.05, 0.1) is 17.8 Å². The monoisotopic (exact) mass is 254 g/mol. The van der Waals surface area contributed by atoms with Crippen LogP contribution in [0.15, 0.2) is 0 Å². The van der Waals surface area contributed by atoms with Gasteiger partial charge >= 0.3 is 0 Å². The summed E-state index contributed by atoms with van der Waals surface area (Å²) in [7, 11) is 0.